The number of nitrogens with zero attached hydrogens (tertiary/aromatic N) is 1. The van der Waals surface area contributed by atoms with Crippen molar-refractivity contribution in [3.8, 4) is 11.5 Å². The number of ether oxygens (including phenoxy) is 1. The zero-order valence-corrected chi connectivity index (χ0v) is 12.2. The Bertz CT molecular complexity index is 419. The van der Waals surface area contributed by atoms with E-state index >= 15 is 0 Å². The fraction of sp³-hybridized carbons (Fsp3) is 0.625. The van der Waals surface area contributed by atoms with Crippen molar-refractivity contribution in [3.63, 3.8) is 0 Å². The number of hydrogen-bond donors (Lipinski definition) is 1. The molecule has 2 atom stereocenters. The molecule has 1 aromatic carbocycles. The number of piperidine rings is 1. The molecule has 1 aliphatic heterocycles. The first-order valence-electron chi connectivity index (χ1n) is 7.29. The van der Waals surface area contributed by atoms with Gasteiger partial charge >= 0.3 is 0 Å². The van der Waals surface area contributed by atoms with Gasteiger partial charge in [0.15, 0.2) is 11.5 Å². The fourth-order valence-electron chi connectivity index (χ4n) is 2.76. The van der Waals surface area contributed by atoms with E-state index in [1.54, 1.807) is 6.07 Å². The number of benzene rings is 1. The Morgan fingerprint density at radius 3 is 2.84 bits per heavy atom. The fourth-order valence-corrected chi connectivity index (χ4v) is 2.76. The van der Waals surface area contributed by atoms with Gasteiger partial charge in [-0.3, -0.25) is 4.90 Å². The first-order chi connectivity index (χ1) is 9.10. The molecule has 0 saturated carbocycles. The highest BCUT2D eigenvalue weighted by Crippen LogP contribution is 2.29. The second-order valence-corrected chi connectivity index (χ2v) is 5.70. The molecule has 1 aromatic rings. The average Bonchev–Trinajstić information content (AvgIpc) is 2.38. The molecule has 0 aromatic heterocycles. The van der Waals surface area contributed by atoms with Gasteiger partial charge in [0.2, 0.25) is 0 Å². The Labute approximate surface area is 116 Å². The average molecular weight is 263 g/mol. The van der Waals surface area contributed by atoms with Gasteiger partial charge in [-0.2, -0.15) is 0 Å². The van der Waals surface area contributed by atoms with E-state index in [2.05, 4.69) is 18.7 Å². The molecule has 0 bridgehead atoms. The molecule has 2 unspecified atom stereocenters. The number of aromatic hydroxyl groups is 1. The van der Waals surface area contributed by atoms with E-state index in [1.165, 1.54) is 18.4 Å². The highest BCUT2D eigenvalue weighted by atomic mass is 16.5. The quantitative estimate of drug-likeness (QED) is 0.903. The van der Waals surface area contributed by atoms with Crippen LogP contribution < -0.4 is 4.74 Å². The van der Waals surface area contributed by atoms with Crippen LogP contribution in [0.3, 0.4) is 0 Å². The molecule has 0 radical (unpaired) electrons. The summed E-state index contributed by atoms with van der Waals surface area (Å²) in [4.78, 5) is 2.52. The minimum absolute atomic E-state index is 0.227. The Kier molecular flexibility index (Phi) is 4.70. The summed E-state index contributed by atoms with van der Waals surface area (Å²) in [6.45, 7) is 9.23. The predicted molar refractivity (Wildman–Crippen MR) is 77.5 cm³/mol. The van der Waals surface area contributed by atoms with E-state index in [4.69, 9.17) is 4.74 Å². The molecule has 106 valence electrons. The van der Waals surface area contributed by atoms with Crippen LogP contribution in [0.1, 0.15) is 39.2 Å². The van der Waals surface area contributed by atoms with Gasteiger partial charge < -0.3 is 9.84 Å². The Hall–Kier alpha value is -1.22. The topological polar surface area (TPSA) is 32.7 Å². The molecular formula is C16H25NO2. The van der Waals surface area contributed by atoms with Crippen molar-refractivity contribution in [1.82, 2.24) is 4.90 Å². The monoisotopic (exact) mass is 263 g/mol. The zero-order chi connectivity index (χ0) is 13.8. The molecule has 1 aliphatic rings. The van der Waals surface area contributed by atoms with Gasteiger partial charge in [0.25, 0.3) is 0 Å². The van der Waals surface area contributed by atoms with Crippen LogP contribution in [0, 0.1) is 5.92 Å². The summed E-state index contributed by atoms with van der Waals surface area (Å²) in [5.41, 5.74) is 1.21. The van der Waals surface area contributed by atoms with Crippen LogP contribution >= 0.6 is 0 Å². The van der Waals surface area contributed by atoms with Crippen molar-refractivity contribution in [1.29, 1.82) is 0 Å². The van der Waals surface area contributed by atoms with Gasteiger partial charge in [0, 0.05) is 19.1 Å². The number of phenolic OH excluding ortho intramolecular Hbond substituents is 1. The van der Waals surface area contributed by atoms with Gasteiger partial charge in [-0.05, 0) is 50.3 Å². The van der Waals surface area contributed by atoms with E-state index in [9.17, 15) is 5.11 Å². The lowest BCUT2D eigenvalue weighted by Gasteiger charge is -2.36. The minimum atomic E-state index is 0.227. The van der Waals surface area contributed by atoms with Crippen molar-refractivity contribution in [2.45, 2.75) is 46.2 Å². The van der Waals surface area contributed by atoms with Crippen LogP contribution in [0.5, 0.6) is 11.5 Å². The van der Waals surface area contributed by atoms with Gasteiger partial charge in [0.1, 0.15) is 0 Å². The maximum absolute atomic E-state index is 9.73. The molecular weight excluding hydrogens is 238 g/mol. The molecule has 1 N–H and O–H groups in total. The summed E-state index contributed by atoms with van der Waals surface area (Å²) in [6, 6.07) is 6.33. The van der Waals surface area contributed by atoms with Crippen LogP contribution in [0.25, 0.3) is 0 Å². The number of phenols is 1. The highest BCUT2D eigenvalue weighted by Gasteiger charge is 2.22. The molecule has 1 fully saturated rings. The lowest BCUT2D eigenvalue weighted by atomic mass is 9.94. The summed E-state index contributed by atoms with van der Waals surface area (Å²) >= 11 is 0. The maximum atomic E-state index is 9.73. The SMILES string of the molecule is CCOc1cc(CN2CC(C)CCC2C)ccc1O. The lowest BCUT2D eigenvalue weighted by molar-refractivity contribution is 0.117. The predicted octanol–water partition coefficient (Wildman–Crippen LogP) is 3.41. The van der Waals surface area contributed by atoms with Gasteiger partial charge in [-0.1, -0.05) is 13.0 Å². The third-order valence-corrected chi connectivity index (χ3v) is 3.96. The molecule has 3 nitrogen and oxygen atoms in total. The highest BCUT2D eigenvalue weighted by molar-refractivity contribution is 5.41. The van der Waals surface area contributed by atoms with Crippen LogP contribution in [0.4, 0.5) is 0 Å². The van der Waals surface area contributed by atoms with E-state index in [-0.39, 0.29) is 5.75 Å². The summed E-state index contributed by atoms with van der Waals surface area (Å²) in [7, 11) is 0. The number of likely N-dealkylation sites (tertiary alicyclic amines) is 1. The van der Waals surface area contributed by atoms with Crippen molar-refractivity contribution >= 4 is 0 Å². The smallest absolute Gasteiger partial charge is 0.161 e. The Morgan fingerprint density at radius 1 is 1.32 bits per heavy atom. The summed E-state index contributed by atoms with van der Waals surface area (Å²) in [5, 5.41) is 9.73. The third kappa shape index (κ3) is 3.63. The summed E-state index contributed by atoms with van der Waals surface area (Å²) in [6.07, 6.45) is 2.61. The number of hydrogen-bond acceptors (Lipinski definition) is 3. The van der Waals surface area contributed by atoms with Crippen molar-refractivity contribution < 1.29 is 9.84 Å². The first kappa shape index (κ1) is 14.2. The van der Waals surface area contributed by atoms with Gasteiger partial charge in [-0.25, -0.2) is 0 Å². The molecule has 0 spiro atoms. The molecule has 1 saturated heterocycles. The van der Waals surface area contributed by atoms with Crippen molar-refractivity contribution in [2.75, 3.05) is 13.2 Å². The van der Waals surface area contributed by atoms with Gasteiger partial charge in [-0.15, -0.1) is 0 Å². The van der Waals surface area contributed by atoms with E-state index in [0.29, 0.717) is 18.4 Å². The van der Waals surface area contributed by atoms with E-state index < -0.39 is 0 Å². The molecule has 3 heteroatoms. The normalized spacial score (nSPS) is 24.4. The molecule has 0 amide bonds. The molecule has 2 rings (SSSR count). The zero-order valence-electron chi connectivity index (χ0n) is 12.2. The van der Waals surface area contributed by atoms with Crippen LogP contribution in [-0.2, 0) is 6.54 Å². The van der Waals surface area contributed by atoms with E-state index in [0.717, 1.165) is 19.0 Å². The van der Waals surface area contributed by atoms with Crippen molar-refractivity contribution in [2.24, 2.45) is 5.92 Å². The molecule has 0 aliphatic carbocycles. The van der Waals surface area contributed by atoms with Crippen LogP contribution in [0.15, 0.2) is 18.2 Å². The second-order valence-electron chi connectivity index (χ2n) is 5.70. The molecule has 1 heterocycles. The standard InChI is InChI=1S/C16H25NO2/c1-4-19-16-9-14(7-8-15(16)18)11-17-10-12(2)5-6-13(17)3/h7-9,12-13,18H,4-6,10-11H2,1-3H3. The minimum Gasteiger partial charge on any atom is -0.504 e. The first-order valence-corrected chi connectivity index (χ1v) is 7.29. The maximum Gasteiger partial charge on any atom is 0.161 e. The Morgan fingerprint density at radius 2 is 2.11 bits per heavy atom. The van der Waals surface area contributed by atoms with Crippen molar-refractivity contribution in [3.05, 3.63) is 23.8 Å². The lowest BCUT2D eigenvalue weighted by Crippen LogP contribution is -2.40. The third-order valence-electron chi connectivity index (χ3n) is 3.96. The Balaban J connectivity index is 2.07. The van der Waals surface area contributed by atoms with E-state index in [1.807, 2.05) is 19.1 Å². The molecule has 19 heavy (non-hydrogen) atoms. The summed E-state index contributed by atoms with van der Waals surface area (Å²) in [5.74, 6) is 1.60. The summed E-state index contributed by atoms with van der Waals surface area (Å²) < 4.78 is 5.45. The van der Waals surface area contributed by atoms with Gasteiger partial charge in [0.05, 0.1) is 6.61 Å². The second kappa shape index (κ2) is 6.29. The number of rotatable bonds is 4. The largest absolute Gasteiger partial charge is 0.504 e. The van der Waals surface area contributed by atoms with Crippen LogP contribution in [0.2, 0.25) is 0 Å². The van der Waals surface area contributed by atoms with Crippen LogP contribution in [-0.4, -0.2) is 29.2 Å².